The highest BCUT2D eigenvalue weighted by Crippen LogP contribution is 2.29. The van der Waals surface area contributed by atoms with Crippen molar-refractivity contribution < 1.29 is 24.0 Å². The van der Waals surface area contributed by atoms with Gasteiger partial charge in [-0.15, -0.1) is 0 Å². The van der Waals surface area contributed by atoms with Crippen molar-refractivity contribution in [3.05, 3.63) is 83.7 Å². The van der Waals surface area contributed by atoms with Gasteiger partial charge in [-0.1, -0.05) is 29.1 Å². The summed E-state index contributed by atoms with van der Waals surface area (Å²) in [6, 6.07) is 18.1. The highest BCUT2D eigenvalue weighted by atomic mass is 32.2. The second-order valence-corrected chi connectivity index (χ2v) is 10.2. The fourth-order valence-corrected chi connectivity index (χ4v) is 4.86. The molecule has 37 heavy (non-hydrogen) atoms. The SMILES string of the molecule is CC(=O)O/N=C(/C(=O)c1ccc(Sc2ccc(C(=O)C(C)(C)N3CCOCC3)cc2)cc1)c1ccc[nH]1. The van der Waals surface area contributed by atoms with Crippen molar-refractivity contribution in [1.82, 2.24) is 9.88 Å². The predicted octanol–water partition coefficient (Wildman–Crippen LogP) is 4.61. The molecule has 8 nitrogen and oxygen atoms in total. The Hall–Kier alpha value is -3.53. The third kappa shape index (κ3) is 6.43. The monoisotopic (exact) mass is 519 g/mol. The molecule has 0 saturated carbocycles. The molecule has 0 aliphatic carbocycles. The zero-order valence-corrected chi connectivity index (χ0v) is 21.8. The molecule has 0 amide bonds. The lowest BCUT2D eigenvalue weighted by Gasteiger charge is -2.39. The van der Waals surface area contributed by atoms with Gasteiger partial charge in [0.25, 0.3) is 0 Å². The number of benzene rings is 2. The summed E-state index contributed by atoms with van der Waals surface area (Å²) in [5, 5.41) is 3.75. The number of nitrogens with one attached hydrogen (secondary N) is 1. The maximum Gasteiger partial charge on any atom is 0.332 e. The largest absolute Gasteiger partial charge is 0.379 e. The van der Waals surface area contributed by atoms with E-state index in [9.17, 15) is 14.4 Å². The first kappa shape index (κ1) is 26.5. The van der Waals surface area contributed by atoms with Crippen molar-refractivity contribution >= 4 is 35.0 Å². The van der Waals surface area contributed by atoms with Gasteiger partial charge in [-0.25, -0.2) is 4.79 Å². The molecule has 1 aromatic heterocycles. The maximum absolute atomic E-state index is 13.2. The van der Waals surface area contributed by atoms with Gasteiger partial charge < -0.3 is 14.6 Å². The molecular weight excluding hydrogens is 490 g/mol. The molecule has 1 fully saturated rings. The van der Waals surface area contributed by atoms with Gasteiger partial charge >= 0.3 is 5.97 Å². The van der Waals surface area contributed by atoms with E-state index in [0.29, 0.717) is 30.0 Å². The fraction of sp³-hybridized carbons (Fsp3) is 0.286. The molecule has 2 heterocycles. The lowest BCUT2D eigenvalue weighted by molar-refractivity contribution is -0.140. The maximum atomic E-state index is 13.2. The number of Topliss-reactive ketones (excluding diaryl/α,β-unsaturated/α-hetero) is 2. The van der Waals surface area contributed by atoms with Gasteiger partial charge in [-0.05, 0) is 62.4 Å². The van der Waals surface area contributed by atoms with Crippen LogP contribution >= 0.6 is 11.8 Å². The molecule has 3 aromatic rings. The van der Waals surface area contributed by atoms with E-state index in [1.54, 1.807) is 30.5 Å². The van der Waals surface area contributed by atoms with E-state index in [0.717, 1.165) is 22.9 Å². The molecule has 1 N–H and O–H groups in total. The van der Waals surface area contributed by atoms with Crippen LogP contribution in [0.5, 0.6) is 0 Å². The van der Waals surface area contributed by atoms with Gasteiger partial charge in [-0.3, -0.25) is 14.5 Å². The Balaban J connectivity index is 1.43. The molecule has 1 aliphatic heterocycles. The van der Waals surface area contributed by atoms with E-state index in [-0.39, 0.29) is 17.3 Å². The number of morpholine rings is 1. The molecule has 2 aromatic carbocycles. The van der Waals surface area contributed by atoms with E-state index >= 15 is 0 Å². The number of ketones is 2. The molecule has 4 rings (SSSR count). The molecule has 0 radical (unpaired) electrons. The first-order valence-electron chi connectivity index (χ1n) is 12.0. The summed E-state index contributed by atoms with van der Waals surface area (Å²) in [6.07, 6.45) is 1.66. The van der Waals surface area contributed by atoms with Gasteiger partial charge in [0.15, 0.2) is 11.5 Å². The van der Waals surface area contributed by atoms with Gasteiger partial charge in [0.2, 0.25) is 5.78 Å². The quantitative estimate of drug-likeness (QED) is 0.191. The van der Waals surface area contributed by atoms with Crippen LogP contribution in [0.4, 0.5) is 0 Å². The van der Waals surface area contributed by atoms with Gasteiger partial charge in [0.1, 0.15) is 0 Å². The van der Waals surface area contributed by atoms with Crippen LogP contribution in [0.15, 0.2) is 81.8 Å². The van der Waals surface area contributed by atoms with Crippen LogP contribution in [-0.2, 0) is 14.4 Å². The summed E-state index contributed by atoms with van der Waals surface area (Å²) in [4.78, 5) is 49.1. The molecule has 0 atom stereocenters. The molecule has 192 valence electrons. The summed E-state index contributed by atoms with van der Waals surface area (Å²) in [6.45, 7) is 7.92. The Labute approximate surface area is 220 Å². The average molecular weight is 520 g/mol. The minimum absolute atomic E-state index is 0.0147. The van der Waals surface area contributed by atoms with Gasteiger partial charge in [0.05, 0.1) is 24.4 Å². The number of aromatic nitrogens is 1. The lowest BCUT2D eigenvalue weighted by Crippen LogP contribution is -2.54. The number of hydrogen-bond acceptors (Lipinski definition) is 8. The summed E-state index contributed by atoms with van der Waals surface area (Å²) >= 11 is 1.53. The number of aromatic amines is 1. The van der Waals surface area contributed by atoms with E-state index in [1.165, 1.54) is 18.7 Å². The van der Waals surface area contributed by atoms with Gasteiger partial charge in [-0.2, -0.15) is 0 Å². The minimum Gasteiger partial charge on any atom is -0.379 e. The second kappa shape index (κ2) is 11.7. The molecular formula is C28H29N3O5S. The number of ether oxygens (including phenoxy) is 1. The minimum atomic E-state index is -0.610. The lowest BCUT2D eigenvalue weighted by atomic mass is 9.91. The first-order chi connectivity index (χ1) is 17.8. The average Bonchev–Trinajstić information content (AvgIpc) is 3.44. The molecule has 1 aliphatic rings. The number of carbonyl (C=O) groups is 3. The third-order valence-corrected chi connectivity index (χ3v) is 7.18. The number of oxime groups is 1. The fourth-order valence-electron chi connectivity index (χ4n) is 4.04. The summed E-state index contributed by atoms with van der Waals surface area (Å²) < 4.78 is 5.42. The summed E-state index contributed by atoms with van der Waals surface area (Å²) in [5.74, 6) is -0.894. The van der Waals surface area contributed by atoms with E-state index in [4.69, 9.17) is 9.57 Å². The van der Waals surface area contributed by atoms with E-state index < -0.39 is 11.5 Å². The zero-order chi connectivity index (χ0) is 26.4. The first-order valence-corrected chi connectivity index (χ1v) is 12.8. The Kier molecular flexibility index (Phi) is 8.38. The standard InChI is InChI=1S/C28H29N3O5S/c1-19(32)36-30-25(24-5-4-14-29-24)26(33)20-6-10-22(11-7-20)37-23-12-8-21(9-13-23)27(34)28(2,3)31-15-17-35-18-16-31/h4-14,29H,15-18H2,1-3H3/b30-25+. The van der Waals surface area contributed by atoms with Crippen LogP contribution in [0.1, 0.15) is 47.2 Å². The molecule has 9 heteroatoms. The molecule has 1 saturated heterocycles. The second-order valence-electron chi connectivity index (χ2n) is 9.07. The number of rotatable bonds is 9. The topological polar surface area (TPSA) is 101 Å². The van der Waals surface area contributed by atoms with Crippen LogP contribution in [0.3, 0.4) is 0 Å². The summed E-state index contributed by atoms with van der Waals surface area (Å²) in [7, 11) is 0. The highest BCUT2D eigenvalue weighted by molar-refractivity contribution is 7.99. The number of hydrogen-bond donors (Lipinski definition) is 1. The molecule has 0 bridgehead atoms. The Bertz CT molecular complexity index is 1280. The van der Waals surface area contributed by atoms with Crippen molar-refractivity contribution in [1.29, 1.82) is 0 Å². The van der Waals surface area contributed by atoms with Crippen molar-refractivity contribution in [3.8, 4) is 0 Å². The third-order valence-electron chi connectivity index (χ3n) is 6.16. The van der Waals surface area contributed by atoms with Crippen molar-refractivity contribution in [3.63, 3.8) is 0 Å². The van der Waals surface area contributed by atoms with Gasteiger partial charge in [0, 0.05) is 47.1 Å². The van der Waals surface area contributed by atoms with Crippen LogP contribution in [0.25, 0.3) is 0 Å². The van der Waals surface area contributed by atoms with Crippen molar-refractivity contribution in [2.45, 2.75) is 36.1 Å². The molecule has 0 unspecified atom stereocenters. The van der Waals surface area contributed by atoms with E-state index in [2.05, 4.69) is 15.0 Å². The number of H-pyrrole nitrogens is 1. The van der Waals surface area contributed by atoms with E-state index in [1.807, 2.05) is 50.2 Å². The summed E-state index contributed by atoms with van der Waals surface area (Å²) in [5.41, 5.74) is 0.956. The Morgan fingerprint density at radius 1 is 0.946 bits per heavy atom. The van der Waals surface area contributed by atoms with Crippen molar-refractivity contribution in [2.24, 2.45) is 5.16 Å². The smallest absolute Gasteiger partial charge is 0.332 e. The van der Waals surface area contributed by atoms with Crippen LogP contribution < -0.4 is 0 Å². The van der Waals surface area contributed by atoms with Crippen molar-refractivity contribution in [2.75, 3.05) is 26.3 Å². The molecule has 0 spiro atoms. The predicted molar refractivity (Wildman–Crippen MR) is 141 cm³/mol. The normalized spacial score (nSPS) is 14.8. The van der Waals surface area contributed by atoms with Crippen LogP contribution in [0.2, 0.25) is 0 Å². The zero-order valence-electron chi connectivity index (χ0n) is 21.0. The van der Waals surface area contributed by atoms with Crippen LogP contribution in [-0.4, -0.2) is 65.0 Å². The number of carbonyl (C=O) groups excluding carboxylic acids is 3. The Morgan fingerprint density at radius 3 is 2.08 bits per heavy atom. The number of nitrogens with zero attached hydrogens (tertiary/aromatic N) is 2. The highest BCUT2D eigenvalue weighted by Gasteiger charge is 2.35. The van der Waals surface area contributed by atoms with Crippen LogP contribution in [0, 0.1) is 0 Å². The Morgan fingerprint density at radius 2 is 1.54 bits per heavy atom.